The molecule has 0 saturated carbocycles. The summed E-state index contributed by atoms with van der Waals surface area (Å²) in [7, 11) is 0. The second kappa shape index (κ2) is 8.10. The predicted octanol–water partition coefficient (Wildman–Crippen LogP) is 4.59. The molecule has 3 heteroatoms. The number of hydrogen-bond donors (Lipinski definition) is 0. The highest BCUT2D eigenvalue weighted by Gasteiger charge is 2.10. The second-order valence-corrected chi connectivity index (χ2v) is 5.03. The highest BCUT2D eigenvalue weighted by atomic mass is 79.9. The topological polar surface area (TPSA) is 9.23 Å². The van der Waals surface area contributed by atoms with E-state index < -0.39 is 0 Å². The number of alkyl halides is 1. The van der Waals surface area contributed by atoms with E-state index in [4.69, 9.17) is 16.3 Å². The zero-order chi connectivity index (χ0) is 11.8. The smallest absolute Gasteiger partial charge is 0.0472 e. The molecule has 1 aromatic rings. The molecule has 0 spiro atoms. The molecular formula is C13H18BrClO. The molecule has 1 nitrogen and oxygen atoms in total. The van der Waals surface area contributed by atoms with Gasteiger partial charge in [-0.2, -0.15) is 0 Å². The van der Waals surface area contributed by atoms with Crippen LogP contribution in [0.15, 0.2) is 28.7 Å². The van der Waals surface area contributed by atoms with E-state index in [0.717, 1.165) is 30.5 Å². The van der Waals surface area contributed by atoms with Crippen LogP contribution in [0.5, 0.6) is 0 Å². The van der Waals surface area contributed by atoms with Crippen molar-refractivity contribution in [3.63, 3.8) is 0 Å². The van der Waals surface area contributed by atoms with Gasteiger partial charge in [0.15, 0.2) is 0 Å². The molecule has 1 unspecified atom stereocenters. The number of hydrogen-bond acceptors (Lipinski definition) is 1. The van der Waals surface area contributed by atoms with Gasteiger partial charge in [0.05, 0.1) is 0 Å². The van der Waals surface area contributed by atoms with E-state index in [-0.39, 0.29) is 0 Å². The van der Waals surface area contributed by atoms with Crippen molar-refractivity contribution >= 4 is 27.5 Å². The predicted molar refractivity (Wildman–Crippen MR) is 73.3 cm³/mol. The Hall–Kier alpha value is -0.0500. The Kier molecular flexibility index (Phi) is 7.10. The molecule has 0 amide bonds. The molecule has 0 aliphatic carbocycles. The van der Waals surface area contributed by atoms with Crippen LogP contribution < -0.4 is 0 Å². The molecule has 0 N–H and O–H groups in total. The van der Waals surface area contributed by atoms with Crippen LogP contribution in [0.25, 0.3) is 0 Å². The molecule has 0 bridgehead atoms. The van der Waals surface area contributed by atoms with Gasteiger partial charge >= 0.3 is 0 Å². The summed E-state index contributed by atoms with van der Waals surface area (Å²) in [5.74, 6) is 1.03. The average molecular weight is 306 g/mol. The van der Waals surface area contributed by atoms with Gasteiger partial charge in [-0.05, 0) is 36.5 Å². The van der Waals surface area contributed by atoms with Gasteiger partial charge in [-0.3, -0.25) is 0 Å². The van der Waals surface area contributed by atoms with Crippen molar-refractivity contribution in [2.24, 2.45) is 0 Å². The van der Waals surface area contributed by atoms with Crippen molar-refractivity contribution in [3.05, 3.63) is 34.3 Å². The Balaban J connectivity index is 2.47. The highest BCUT2D eigenvalue weighted by molar-refractivity contribution is 9.10. The maximum atomic E-state index is 6.00. The normalized spacial score (nSPS) is 12.7. The van der Waals surface area contributed by atoms with Crippen LogP contribution in [0.4, 0.5) is 0 Å². The monoisotopic (exact) mass is 304 g/mol. The van der Waals surface area contributed by atoms with Crippen molar-refractivity contribution in [3.8, 4) is 0 Å². The van der Waals surface area contributed by atoms with Crippen LogP contribution in [0.3, 0.4) is 0 Å². The summed E-state index contributed by atoms with van der Waals surface area (Å²) in [6.07, 6.45) is 2.06. The number of halogens is 2. The first-order valence-corrected chi connectivity index (χ1v) is 6.99. The fraction of sp³-hybridized carbons (Fsp3) is 0.538. The van der Waals surface area contributed by atoms with E-state index in [1.54, 1.807) is 0 Å². The molecule has 1 rings (SSSR count). The quantitative estimate of drug-likeness (QED) is 0.529. The molecule has 0 radical (unpaired) electrons. The summed E-state index contributed by atoms with van der Waals surface area (Å²) in [4.78, 5) is 0. The van der Waals surface area contributed by atoms with Crippen LogP contribution in [-0.2, 0) is 4.74 Å². The largest absolute Gasteiger partial charge is 0.381 e. The number of rotatable bonds is 7. The third-order valence-electron chi connectivity index (χ3n) is 2.47. The molecule has 0 fully saturated rings. The molecule has 0 aliphatic heterocycles. The second-order valence-electron chi connectivity index (χ2n) is 3.81. The SMILES string of the molecule is CCCOCCC(CCl)c1cccc(Br)c1. The van der Waals surface area contributed by atoms with Crippen molar-refractivity contribution in [2.75, 3.05) is 19.1 Å². The molecule has 0 heterocycles. The summed E-state index contributed by atoms with van der Waals surface area (Å²) in [6.45, 7) is 3.75. The first kappa shape index (κ1) is 14.0. The van der Waals surface area contributed by atoms with Gasteiger partial charge in [-0.25, -0.2) is 0 Å². The lowest BCUT2D eigenvalue weighted by Crippen LogP contribution is -2.06. The van der Waals surface area contributed by atoms with E-state index in [1.807, 2.05) is 12.1 Å². The lowest BCUT2D eigenvalue weighted by atomic mass is 9.98. The standard InChI is InChI=1S/C13H18BrClO/c1-2-7-16-8-6-12(10-15)11-4-3-5-13(14)9-11/h3-5,9,12H,2,6-8,10H2,1H3. The molecule has 1 atom stereocenters. The maximum Gasteiger partial charge on any atom is 0.0472 e. The van der Waals surface area contributed by atoms with Gasteiger partial charge < -0.3 is 4.74 Å². The van der Waals surface area contributed by atoms with E-state index in [1.165, 1.54) is 5.56 Å². The Morgan fingerprint density at radius 2 is 2.19 bits per heavy atom. The van der Waals surface area contributed by atoms with Gasteiger partial charge in [0.1, 0.15) is 0 Å². The lowest BCUT2D eigenvalue weighted by Gasteiger charge is -2.14. The summed E-state index contributed by atoms with van der Waals surface area (Å²) >= 11 is 9.47. The summed E-state index contributed by atoms with van der Waals surface area (Å²) in [5, 5.41) is 0. The highest BCUT2D eigenvalue weighted by Crippen LogP contribution is 2.24. The zero-order valence-corrected chi connectivity index (χ0v) is 11.9. The molecule has 16 heavy (non-hydrogen) atoms. The number of benzene rings is 1. The third-order valence-corrected chi connectivity index (χ3v) is 3.33. The first-order chi connectivity index (χ1) is 7.77. The molecule has 0 aliphatic rings. The first-order valence-electron chi connectivity index (χ1n) is 5.67. The van der Waals surface area contributed by atoms with Gasteiger partial charge in [0, 0.05) is 23.6 Å². The van der Waals surface area contributed by atoms with Crippen molar-refractivity contribution in [2.45, 2.75) is 25.7 Å². The molecule has 0 saturated heterocycles. The van der Waals surface area contributed by atoms with Crippen molar-refractivity contribution < 1.29 is 4.74 Å². The Bertz CT molecular complexity index is 304. The minimum Gasteiger partial charge on any atom is -0.381 e. The fourth-order valence-electron chi connectivity index (χ4n) is 1.57. The Morgan fingerprint density at radius 3 is 2.81 bits per heavy atom. The number of ether oxygens (including phenoxy) is 1. The molecule has 0 aromatic heterocycles. The van der Waals surface area contributed by atoms with Crippen molar-refractivity contribution in [1.29, 1.82) is 0 Å². The van der Waals surface area contributed by atoms with E-state index in [9.17, 15) is 0 Å². The molecular weight excluding hydrogens is 287 g/mol. The average Bonchev–Trinajstić information content (AvgIpc) is 2.29. The Labute approximate surface area is 111 Å². The van der Waals surface area contributed by atoms with E-state index in [0.29, 0.717) is 11.8 Å². The third kappa shape index (κ3) is 4.86. The lowest BCUT2D eigenvalue weighted by molar-refractivity contribution is 0.129. The van der Waals surface area contributed by atoms with Crippen LogP contribution >= 0.6 is 27.5 Å². The summed E-state index contributed by atoms with van der Waals surface area (Å²) in [6, 6.07) is 8.33. The van der Waals surface area contributed by atoms with Crippen LogP contribution in [0.2, 0.25) is 0 Å². The van der Waals surface area contributed by atoms with E-state index in [2.05, 4.69) is 35.0 Å². The minimum atomic E-state index is 0.385. The molecule has 90 valence electrons. The van der Waals surface area contributed by atoms with Gasteiger partial charge in [0.2, 0.25) is 0 Å². The van der Waals surface area contributed by atoms with Crippen LogP contribution in [0, 0.1) is 0 Å². The van der Waals surface area contributed by atoms with Gasteiger partial charge in [-0.15, -0.1) is 11.6 Å². The molecule has 1 aromatic carbocycles. The van der Waals surface area contributed by atoms with Gasteiger partial charge in [-0.1, -0.05) is 35.0 Å². The maximum absolute atomic E-state index is 6.00. The Morgan fingerprint density at radius 1 is 1.38 bits per heavy atom. The minimum absolute atomic E-state index is 0.385. The summed E-state index contributed by atoms with van der Waals surface area (Å²) in [5.41, 5.74) is 1.28. The fourth-order valence-corrected chi connectivity index (χ4v) is 2.31. The van der Waals surface area contributed by atoms with Crippen LogP contribution in [0.1, 0.15) is 31.2 Å². The van der Waals surface area contributed by atoms with Crippen molar-refractivity contribution in [1.82, 2.24) is 0 Å². The summed E-state index contributed by atoms with van der Waals surface area (Å²) < 4.78 is 6.60. The zero-order valence-electron chi connectivity index (χ0n) is 9.59. The van der Waals surface area contributed by atoms with Crippen LogP contribution in [-0.4, -0.2) is 19.1 Å². The van der Waals surface area contributed by atoms with E-state index >= 15 is 0 Å². The van der Waals surface area contributed by atoms with Gasteiger partial charge in [0.25, 0.3) is 0 Å².